The van der Waals surface area contributed by atoms with Crippen molar-refractivity contribution in [2.24, 2.45) is 5.92 Å². The molecule has 0 heterocycles. The van der Waals surface area contributed by atoms with E-state index in [1.165, 1.54) is 0 Å². The first-order valence-corrected chi connectivity index (χ1v) is 3.45. The molecule has 1 atom stereocenters. The molecule has 0 aromatic heterocycles. The monoisotopic (exact) mass is 178 g/mol. The zero-order valence-electron chi connectivity index (χ0n) is 4.11. The molecule has 7 heavy (non-hydrogen) atoms. The van der Waals surface area contributed by atoms with Crippen molar-refractivity contribution >= 4 is 28.6 Å². The highest BCUT2D eigenvalue weighted by Crippen LogP contribution is 1.93. The van der Waals surface area contributed by atoms with Crippen molar-refractivity contribution in [1.82, 2.24) is 0 Å². The Morgan fingerprint density at radius 2 is 2.43 bits per heavy atom. The van der Waals surface area contributed by atoms with Gasteiger partial charge in [-0.2, -0.15) is 12.6 Å². The summed E-state index contributed by atoms with van der Waals surface area (Å²) in [4.78, 5) is 2.63. The molecule has 0 amide bonds. The van der Waals surface area contributed by atoms with E-state index in [4.69, 9.17) is 0 Å². The summed E-state index contributed by atoms with van der Waals surface area (Å²) in [5, 5.41) is 0. The van der Waals surface area contributed by atoms with Crippen molar-refractivity contribution < 1.29 is 0 Å². The summed E-state index contributed by atoms with van der Waals surface area (Å²) in [5.41, 5.74) is 0. The Balaban J connectivity index is 3.29. The maximum Gasteiger partial charge on any atom is 0.0271 e. The lowest BCUT2D eigenvalue weighted by Crippen LogP contribution is -1.88. The zero-order valence-corrected chi connectivity index (χ0v) is 6.59. The molecule has 0 fully saturated rings. The normalized spacial score (nSPS) is 11.9. The maximum atomic E-state index is 4.03. The Morgan fingerprint density at radius 1 is 1.86 bits per heavy atom. The Bertz CT molecular complexity index is 90.0. The Morgan fingerprint density at radius 3 is 2.57 bits per heavy atom. The minimum Gasteiger partial charge on any atom is -0.178 e. The molecule has 0 aliphatic heterocycles. The average Bonchev–Trinajstić information content (AvgIpc) is 1.68. The molecule has 40 valence electrons. The highest BCUT2D eigenvalue weighted by molar-refractivity contribution is 9.12. The fourth-order valence-corrected chi connectivity index (χ4v) is 0.621. The van der Waals surface area contributed by atoms with Gasteiger partial charge in [0, 0.05) is 27.6 Å². The molecule has 0 saturated carbocycles. The average molecular weight is 179 g/mol. The van der Waals surface area contributed by atoms with Gasteiger partial charge in [-0.15, -0.1) is 0 Å². The number of hydrogen-bond acceptors (Lipinski definition) is 1. The lowest BCUT2D eigenvalue weighted by Gasteiger charge is -1.90. The quantitative estimate of drug-likeness (QED) is 0.461. The molecule has 1 unspecified atom stereocenters. The van der Waals surface area contributed by atoms with Crippen molar-refractivity contribution in [2.75, 3.05) is 5.75 Å². The van der Waals surface area contributed by atoms with Crippen molar-refractivity contribution in [3.05, 3.63) is 0 Å². The van der Waals surface area contributed by atoms with Crippen LogP contribution in [0.2, 0.25) is 0 Å². The number of rotatable bonds is 1. The van der Waals surface area contributed by atoms with Crippen molar-refractivity contribution in [3.8, 4) is 10.8 Å². The van der Waals surface area contributed by atoms with E-state index >= 15 is 0 Å². The van der Waals surface area contributed by atoms with Crippen LogP contribution in [0.25, 0.3) is 0 Å². The van der Waals surface area contributed by atoms with Crippen LogP contribution in [0.3, 0.4) is 0 Å². The molecule has 0 aromatic carbocycles. The summed E-state index contributed by atoms with van der Waals surface area (Å²) in [6, 6.07) is 0. The van der Waals surface area contributed by atoms with E-state index in [-0.39, 0.29) is 0 Å². The minimum absolute atomic E-state index is 0.405. The van der Waals surface area contributed by atoms with Crippen LogP contribution in [0, 0.1) is 16.7 Å². The second-order valence-electron chi connectivity index (χ2n) is 1.32. The summed E-state index contributed by atoms with van der Waals surface area (Å²) in [5.74, 6) is 4.12. The highest BCUT2D eigenvalue weighted by Gasteiger charge is 1.87. The Kier molecular flexibility index (Phi) is 4.80. The first kappa shape index (κ1) is 7.39. The van der Waals surface area contributed by atoms with Gasteiger partial charge in [-0.25, -0.2) is 0 Å². The summed E-state index contributed by atoms with van der Waals surface area (Å²) >= 11 is 7.02. The predicted octanol–water partition coefficient (Wildman–Crippen LogP) is 1.91. The third-order valence-corrected chi connectivity index (χ3v) is 1.35. The minimum atomic E-state index is 0.405. The molecular formula is C5H7BrS. The SMILES string of the molecule is CC(C#CBr)CS. The molecule has 0 saturated heterocycles. The van der Waals surface area contributed by atoms with Crippen LogP contribution < -0.4 is 0 Å². The van der Waals surface area contributed by atoms with E-state index in [1.54, 1.807) is 0 Å². The number of hydrogen-bond donors (Lipinski definition) is 1. The first-order valence-electron chi connectivity index (χ1n) is 2.03. The summed E-state index contributed by atoms with van der Waals surface area (Å²) in [7, 11) is 0. The van der Waals surface area contributed by atoms with Crippen molar-refractivity contribution in [1.29, 1.82) is 0 Å². The van der Waals surface area contributed by atoms with E-state index < -0.39 is 0 Å². The van der Waals surface area contributed by atoms with Crippen LogP contribution in [-0.2, 0) is 0 Å². The van der Waals surface area contributed by atoms with Crippen LogP contribution in [0.1, 0.15) is 6.92 Å². The standard InChI is InChI=1S/C5H7BrS/c1-5(4-7)2-3-6/h5,7H,4H2,1H3. The van der Waals surface area contributed by atoms with Gasteiger partial charge in [-0.3, -0.25) is 0 Å². The van der Waals surface area contributed by atoms with Gasteiger partial charge >= 0.3 is 0 Å². The summed E-state index contributed by atoms with van der Waals surface area (Å²) in [6.07, 6.45) is 0. The van der Waals surface area contributed by atoms with E-state index in [1.807, 2.05) is 6.92 Å². The second kappa shape index (κ2) is 4.55. The molecule has 0 N–H and O–H groups in total. The van der Waals surface area contributed by atoms with Crippen LogP contribution >= 0.6 is 28.6 Å². The van der Waals surface area contributed by atoms with E-state index in [0.717, 1.165) is 5.75 Å². The zero-order chi connectivity index (χ0) is 5.70. The van der Waals surface area contributed by atoms with Gasteiger partial charge in [0.15, 0.2) is 0 Å². The number of halogens is 1. The van der Waals surface area contributed by atoms with Gasteiger partial charge in [-0.1, -0.05) is 12.8 Å². The molecule has 0 aliphatic carbocycles. The van der Waals surface area contributed by atoms with E-state index in [0.29, 0.717) is 5.92 Å². The van der Waals surface area contributed by atoms with Gasteiger partial charge in [-0.05, 0) is 4.83 Å². The number of thiol groups is 1. The van der Waals surface area contributed by atoms with Gasteiger partial charge < -0.3 is 0 Å². The lowest BCUT2D eigenvalue weighted by atomic mass is 10.2. The van der Waals surface area contributed by atoms with Crippen LogP contribution in [0.15, 0.2) is 0 Å². The van der Waals surface area contributed by atoms with Crippen LogP contribution in [-0.4, -0.2) is 5.75 Å². The van der Waals surface area contributed by atoms with E-state index in [2.05, 4.69) is 39.3 Å². The Labute approximate surface area is 58.2 Å². The van der Waals surface area contributed by atoms with Gasteiger partial charge in [0.05, 0.1) is 0 Å². The molecule has 0 rings (SSSR count). The molecule has 0 spiro atoms. The van der Waals surface area contributed by atoms with Gasteiger partial charge in [0.25, 0.3) is 0 Å². The third kappa shape index (κ3) is 4.24. The highest BCUT2D eigenvalue weighted by atomic mass is 79.9. The molecule has 0 aromatic rings. The first-order chi connectivity index (χ1) is 3.31. The lowest BCUT2D eigenvalue weighted by molar-refractivity contribution is 0.887. The molecule has 0 bridgehead atoms. The predicted molar refractivity (Wildman–Crippen MR) is 39.7 cm³/mol. The summed E-state index contributed by atoms with van der Waals surface area (Å²) in [6.45, 7) is 2.03. The molecule has 0 aliphatic rings. The van der Waals surface area contributed by atoms with Crippen molar-refractivity contribution in [3.63, 3.8) is 0 Å². The topological polar surface area (TPSA) is 0 Å². The van der Waals surface area contributed by atoms with Crippen molar-refractivity contribution in [2.45, 2.75) is 6.92 Å². The summed E-state index contributed by atoms with van der Waals surface area (Å²) < 4.78 is 0. The maximum absolute atomic E-state index is 4.03. The van der Waals surface area contributed by atoms with Crippen LogP contribution in [0.5, 0.6) is 0 Å². The molecular weight excluding hydrogens is 172 g/mol. The van der Waals surface area contributed by atoms with Gasteiger partial charge in [0.1, 0.15) is 0 Å². The van der Waals surface area contributed by atoms with E-state index in [9.17, 15) is 0 Å². The third-order valence-electron chi connectivity index (χ3n) is 0.575. The smallest absolute Gasteiger partial charge is 0.0271 e. The van der Waals surface area contributed by atoms with Gasteiger partial charge in [0.2, 0.25) is 0 Å². The molecule has 0 nitrogen and oxygen atoms in total. The van der Waals surface area contributed by atoms with Crippen LogP contribution in [0.4, 0.5) is 0 Å². The fraction of sp³-hybridized carbons (Fsp3) is 0.600. The molecule has 0 radical (unpaired) electrons. The second-order valence-corrected chi connectivity index (χ2v) is 2.08. The Hall–Kier alpha value is 0.390. The molecule has 2 heteroatoms. The fourth-order valence-electron chi connectivity index (χ4n) is 0.139. The largest absolute Gasteiger partial charge is 0.178 e.